The van der Waals surface area contributed by atoms with Crippen molar-refractivity contribution >= 4 is 29.6 Å². The lowest BCUT2D eigenvalue weighted by atomic mass is 10.1. The molecular formula is C17H20ClN2O+. The SMILES string of the molecule is CCCC[NH+]1C(c2ccccc2O)=Nc2ccccc21.Cl. The van der Waals surface area contributed by atoms with Crippen LogP contribution in [-0.4, -0.2) is 17.5 Å². The number of fused-ring (bicyclic) bond motifs is 1. The minimum atomic E-state index is 0. The first-order valence-electron chi connectivity index (χ1n) is 7.14. The lowest BCUT2D eigenvalue weighted by Crippen LogP contribution is -3.09. The van der Waals surface area contributed by atoms with E-state index < -0.39 is 0 Å². The largest absolute Gasteiger partial charge is 0.507 e. The van der Waals surface area contributed by atoms with Gasteiger partial charge in [-0.3, -0.25) is 4.90 Å². The van der Waals surface area contributed by atoms with Crippen molar-refractivity contribution in [3.8, 4) is 5.75 Å². The van der Waals surface area contributed by atoms with Crippen LogP contribution < -0.4 is 4.90 Å². The van der Waals surface area contributed by atoms with Gasteiger partial charge in [0.15, 0.2) is 5.69 Å². The molecule has 0 spiro atoms. The van der Waals surface area contributed by atoms with Gasteiger partial charge in [0.1, 0.15) is 11.4 Å². The fraction of sp³-hybridized carbons (Fsp3) is 0.235. The van der Waals surface area contributed by atoms with Gasteiger partial charge in [-0.05, 0) is 24.6 Å². The second-order valence-electron chi connectivity index (χ2n) is 5.08. The van der Waals surface area contributed by atoms with Crippen LogP contribution in [0, 0.1) is 0 Å². The van der Waals surface area contributed by atoms with E-state index in [0.717, 1.165) is 36.5 Å². The van der Waals surface area contributed by atoms with Gasteiger partial charge in [-0.1, -0.05) is 37.6 Å². The van der Waals surface area contributed by atoms with Crippen LogP contribution in [0.4, 0.5) is 11.4 Å². The van der Waals surface area contributed by atoms with E-state index in [1.807, 2.05) is 36.4 Å². The highest BCUT2D eigenvalue weighted by atomic mass is 35.5. The third kappa shape index (κ3) is 2.94. The second-order valence-corrected chi connectivity index (χ2v) is 5.08. The molecule has 1 heterocycles. The van der Waals surface area contributed by atoms with Crippen LogP contribution in [0.2, 0.25) is 0 Å². The minimum absolute atomic E-state index is 0. The summed E-state index contributed by atoms with van der Waals surface area (Å²) in [6.45, 7) is 3.19. The van der Waals surface area contributed by atoms with Crippen LogP contribution in [-0.2, 0) is 0 Å². The van der Waals surface area contributed by atoms with E-state index in [2.05, 4.69) is 13.0 Å². The normalized spacial score (nSPS) is 16.0. The Morgan fingerprint density at radius 2 is 1.76 bits per heavy atom. The molecule has 0 fully saturated rings. The Bertz CT molecular complexity index is 655. The number of quaternary nitrogens is 1. The number of benzene rings is 2. The number of phenolic OH excluding ortho intramolecular Hbond substituents is 1. The molecular weight excluding hydrogens is 284 g/mol. The van der Waals surface area contributed by atoms with Gasteiger partial charge in [0, 0.05) is 6.07 Å². The number of amidine groups is 1. The first kappa shape index (κ1) is 15.5. The Morgan fingerprint density at radius 1 is 1.05 bits per heavy atom. The number of aliphatic imine (C=N–C) groups is 1. The molecule has 1 atom stereocenters. The number of phenols is 1. The van der Waals surface area contributed by atoms with Crippen molar-refractivity contribution in [2.24, 2.45) is 4.99 Å². The smallest absolute Gasteiger partial charge is 0.243 e. The number of para-hydroxylation sites is 3. The summed E-state index contributed by atoms with van der Waals surface area (Å²) in [4.78, 5) is 5.99. The van der Waals surface area contributed by atoms with Crippen LogP contribution in [0.1, 0.15) is 25.3 Å². The molecule has 2 aromatic rings. The minimum Gasteiger partial charge on any atom is -0.507 e. The Labute approximate surface area is 131 Å². The lowest BCUT2D eigenvalue weighted by molar-refractivity contribution is -0.727. The average Bonchev–Trinajstić information content (AvgIpc) is 2.84. The van der Waals surface area contributed by atoms with Crippen LogP contribution >= 0.6 is 12.4 Å². The number of halogens is 1. The number of unbranched alkanes of at least 4 members (excludes halogenated alkanes) is 1. The number of hydrogen-bond donors (Lipinski definition) is 2. The van der Waals surface area contributed by atoms with Crippen molar-refractivity contribution in [3.63, 3.8) is 0 Å². The molecule has 1 aliphatic heterocycles. The van der Waals surface area contributed by atoms with Gasteiger partial charge in [0.25, 0.3) is 0 Å². The predicted molar refractivity (Wildman–Crippen MR) is 88.4 cm³/mol. The summed E-state index contributed by atoms with van der Waals surface area (Å²) in [5, 5.41) is 10.1. The zero-order valence-corrected chi connectivity index (χ0v) is 12.9. The summed E-state index contributed by atoms with van der Waals surface area (Å²) < 4.78 is 0. The van der Waals surface area contributed by atoms with E-state index in [1.165, 1.54) is 10.6 Å². The van der Waals surface area contributed by atoms with Gasteiger partial charge < -0.3 is 5.11 Å². The molecule has 0 amide bonds. The molecule has 2 N–H and O–H groups in total. The highest BCUT2D eigenvalue weighted by Crippen LogP contribution is 2.28. The lowest BCUT2D eigenvalue weighted by Gasteiger charge is -2.15. The topological polar surface area (TPSA) is 37.0 Å². The maximum atomic E-state index is 10.1. The van der Waals surface area contributed by atoms with Gasteiger partial charge in [0.05, 0.1) is 12.1 Å². The standard InChI is InChI=1S/C17H18N2O.ClH/c1-2-3-12-19-15-10-6-5-9-14(15)18-17(19)13-8-4-7-11-16(13)20;/h4-11,20H,2-3,12H2,1H3;1H/p+1. The molecule has 0 aliphatic carbocycles. The number of nitrogens with one attached hydrogen (secondary N) is 1. The fourth-order valence-electron chi connectivity index (χ4n) is 2.65. The third-order valence-electron chi connectivity index (χ3n) is 3.69. The Hall–Kier alpha value is -1.84. The summed E-state index contributed by atoms with van der Waals surface area (Å²) in [6, 6.07) is 15.7. The maximum Gasteiger partial charge on any atom is 0.243 e. The van der Waals surface area contributed by atoms with Gasteiger partial charge in [-0.15, -0.1) is 12.4 Å². The van der Waals surface area contributed by atoms with Crippen molar-refractivity contribution < 1.29 is 10.0 Å². The highest BCUT2D eigenvalue weighted by Gasteiger charge is 2.31. The quantitative estimate of drug-likeness (QED) is 0.894. The van der Waals surface area contributed by atoms with Gasteiger partial charge >= 0.3 is 0 Å². The summed E-state index contributed by atoms with van der Waals surface area (Å²) in [7, 11) is 0. The van der Waals surface area contributed by atoms with Crippen molar-refractivity contribution in [2.45, 2.75) is 19.8 Å². The summed E-state index contributed by atoms with van der Waals surface area (Å²) in [5.74, 6) is 1.23. The van der Waals surface area contributed by atoms with Crippen molar-refractivity contribution in [1.82, 2.24) is 0 Å². The molecule has 0 bridgehead atoms. The van der Waals surface area contributed by atoms with E-state index in [4.69, 9.17) is 4.99 Å². The van der Waals surface area contributed by atoms with E-state index in [9.17, 15) is 5.11 Å². The van der Waals surface area contributed by atoms with E-state index in [0.29, 0.717) is 5.75 Å². The van der Waals surface area contributed by atoms with Crippen LogP contribution in [0.5, 0.6) is 5.75 Å². The number of nitrogens with zero attached hydrogens (tertiary/aromatic N) is 1. The molecule has 2 aromatic carbocycles. The van der Waals surface area contributed by atoms with Crippen molar-refractivity contribution in [1.29, 1.82) is 0 Å². The predicted octanol–water partition coefficient (Wildman–Crippen LogP) is 3.22. The Kier molecular flexibility index (Phi) is 4.99. The van der Waals surface area contributed by atoms with Crippen LogP contribution in [0.3, 0.4) is 0 Å². The fourth-order valence-corrected chi connectivity index (χ4v) is 2.65. The summed E-state index contributed by atoms with van der Waals surface area (Å²) in [6.07, 6.45) is 2.29. The summed E-state index contributed by atoms with van der Waals surface area (Å²) in [5.41, 5.74) is 3.05. The molecule has 21 heavy (non-hydrogen) atoms. The number of aromatic hydroxyl groups is 1. The molecule has 0 radical (unpaired) electrons. The van der Waals surface area contributed by atoms with E-state index in [-0.39, 0.29) is 12.4 Å². The van der Waals surface area contributed by atoms with Gasteiger partial charge in [0.2, 0.25) is 5.84 Å². The molecule has 3 rings (SSSR count). The zero-order chi connectivity index (χ0) is 13.9. The molecule has 4 heteroatoms. The van der Waals surface area contributed by atoms with E-state index in [1.54, 1.807) is 6.07 Å². The molecule has 0 saturated carbocycles. The first-order valence-corrected chi connectivity index (χ1v) is 7.14. The van der Waals surface area contributed by atoms with Crippen LogP contribution in [0.25, 0.3) is 0 Å². The highest BCUT2D eigenvalue weighted by molar-refractivity contribution is 6.00. The Balaban J connectivity index is 0.00000161. The molecule has 110 valence electrons. The van der Waals surface area contributed by atoms with Crippen molar-refractivity contribution in [3.05, 3.63) is 54.1 Å². The van der Waals surface area contributed by atoms with Gasteiger partial charge in [-0.25, -0.2) is 0 Å². The summed E-state index contributed by atoms with van der Waals surface area (Å²) >= 11 is 0. The first-order chi connectivity index (χ1) is 9.81. The third-order valence-corrected chi connectivity index (χ3v) is 3.69. The molecule has 3 nitrogen and oxygen atoms in total. The van der Waals surface area contributed by atoms with Crippen molar-refractivity contribution in [2.75, 3.05) is 6.54 Å². The molecule has 1 aliphatic rings. The molecule has 0 saturated heterocycles. The second kappa shape index (κ2) is 6.74. The average molecular weight is 304 g/mol. The molecule has 0 aromatic heterocycles. The zero-order valence-electron chi connectivity index (χ0n) is 12.0. The van der Waals surface area contributed by atoms with Crippen LogP contribution in [0.15, 0.2) is 53.5 Å². The van der Waals surface area contributed by atoms with Gasteiger partial charge in [-0.2, -0.15) is 4.99 Å². The molecule has 1 unspecified atom stereocenters. The monoisotopic (exact) mass is 303 g/mol. The van der Waals surface area contributed by atoms with E-state index >= 15 is 0 Å². The number of hydrogen-bond acceptors (Lipinski definition) is 2. The Morgan fingerprint density at radius 3 is 2.52 bits per heavy atom. The number of rotatable bonds is 4. The maximum absolute atomic E-state index is 10.1.